The Balaban J connectivity index is 1.79. The van der Waals surface area contributed by atoms with Crippen LogP contribution in [0, 0.1) is 0 Å². The van der Waals surface area contributed by atoms with E-state index in [1.807, 2.05) is 18.2 Å². The van der Waals surface area contributed by atoms with E-state index in [2.05, 4.69) is 4.98 Å². The lowest BCUT2D eigenvalue weighted by Gasteiger charge is -2.10. The molecule has 3 aromatic carbocycles. The van der Waals surface area contributed by atoms with E-state index in [1.165, 1.54) is 6.07 Å². The predicted octanol–water partition coefficient (Wildman–Crippen LogP) is 5.20. The van der Waals surface area contributed by atoms with Gasteiger partial charge in [0.25, 0.3) is 5.56 Å². The van der Waals surface area contributed by atoms with Gasteiger partial charge < -0.3 is 9.72 Å². The summed E-state index contributed by atoms with van der Waals surface area (Å²) >= 11 is 5.89. The number of para-hydroxylation sites is 1. The number of hydrogen-bond donors (Lipinski definition) is 1. The molecule has 0 spiro atoms. The quantitative estimate of drug-likeness (QED) is 0.498. The Bertz CT molecular complexity index is 1180. The lowest BCUT2D eigenvalue weighted by atomic mass is 10.0. The van der Waals surface area contributed by atoms with Gasteiger partial charge in [0.1, 0.15) is 11.5 Å². The third-order valence-corrected chi connectivity index (χ3v) is 4.40. The first-order valence-corrected chi connectivity index (χ1v) is 8.68. The number of aromatic nitrogens is 1. The minimum absolute atomic E-state index is 0.134. The van der Waals surface area contributed by atoms with Crippen molar-refractivity contribution in [1.82, 2.24) is 4.98 Å². The fraction of sp³-hybridized carbons (Fsp3) is 0. The Morgan fingerprint density at radius 1 is 0.852 bits per heavy atom. The van der Waals surface area contributed by atoms with Crippen molar-refractivity contribution in [3.05, 3.63) is 105 Å². The molecule has 27 heavy (non-hydrogen) atoms. The van der Waals surface area contributed by atoms with Crippen LogP contribution in [0.15, 0.2) is 83.7 Å². The van der Waals surface area contributed by atoms with Gasteiger partial charge in [-0.25, -0.2) is 0 Å². The molecule has 0 aliphatic rings. The fourth-order valence-electron chi connectivity index (χ4n) is 2.83. The highest BCUT2D eigenvalue weighted by atomic mass is 35.5. The van der Waals surface area contributed by atoms with Crippen LogP contribution < -0.4 is 10.3 Å². The molecule has 0 saturated heterocycles. The monoisotopic (exact) mass is 375 g/mol. The van der Waals surface area contributed by atoms with Gasteiger partial charge in [-0.15, -0.1) is 0 Å². The van der Waals surface area contributed by atoms with Crippen molar-refractivity contribution >= 4 is 28.3 Å². The summed E-state index contributed by atoms with van der Waals surface area (Å²) in [6.07, 6.45) is 0. The third-order valence-electron chi connectivity index (χ3n) is 4.14. The molecule has 0 amide bonds. The molecule has 0 fully saturated rings. The Morgan fingerprint density at radius 2 is 1.56 bits per heavy atom. The number of ketones is 1. The van der Waals surface area contributed by atoms with Gasteiger partial charge in [0.15, 0.2) is 5.78 Å². The van der Waals surface area contributed by atoms with Gasteiger partial charge in [0.2, 0.25) is 0 Å². The first kappa shape index (κ1) is 17.1. The largest absolute Gasteiger partial charge is 0.456 e. The molecule has 1 aromatic heterocycles. The summed E-state index contributed by atoms with van der Waals surface area (Å²) < 4.78 is 5.88. The van der Waals surface area contributed by atoms with Crippen molar-refractivity contribution in [3.8, 4) is 11.5 Å². The molecular weight excluding hydrogens is 362 g/mol. The maximum Gasteiger partial charge on any atom is 0.252 e. The highest BCUT2D eigenvalue weighted by Crippen LogP contribution is 2.29. The van der Waals surface area contributed by atoms with Gasteiger partial charge >= 0.3 is 0 Å². The van der Waals surface area contributed by atoms with Crippen LogP contribution in [-0.2, 0) is 0 Å². The minimum atomic E-state index is -0.273. The lowest BCUT2D eigenvalue weighted by Crippen LogP contribution is -2.06. The number of carbonyl (C=O) groups excluding carboxylic acids is 1. The number of halogens is 1. The predicted molar refractivity (Wildman–Crippen MR) is 106 cm³/mol. The van der Waals surface area contributed by atoms with E-state index in [4.69, 9.17) is 16.3 Å². The van der Waals surface area contributed by atoms with E-state index in [0.29, 0.717) is 38.6 Å². The molecule has 5 heteroatoms. The van der Waals surface area contributed by atoms with Crippen LogP contribution in [0.5, 0.6) is 11.5 Å². The molecule has 0 radical (unpaired) electrons. The number of carbonyl (C=O) groups is 1. The number of benzene rings is 3. The van der Waals surface area contributed by atoms with Gasteiger partial charge in [-0.05, 0) is 54.6 Å². The number of ether oxygens (including phenoxy) is 1. The number of nitrogens with one attached hydrogen (secondary N) is 1. The van der Waals surface area contributed by atoms with Crippen LogP contribution >= 0.6 is 11.6 Å². The Morgan fingerprint density at radius 3 is 2.30 bits per heavy atom. The molecule has 0 aliphatic carbocycles. The summed E-state index contributed by atoms with van der Waals surface area (Å²) in [6.45, 7) is 0. The number of rotatable bonds is 4. The first-order chi connectivity index (χ1) is 13.1. The van der Waals surface area contributed by atoms with Crippen molar-refractivity contribution in [2.24, 2.45) is 0 Å². The second-order valence-electron chi connectivity index (χ2n) is 6.01. The van der Waals surface area contributed by atoms with Crippen molar-refractivity contribution in [3.63, 3.8) is 0 Å². The number of aromatic amines is 1. The SMILES string of the molecule is O=C(c1ccc(Cl)cc1)c1ccc2[nH]c(=O)cc(Oc3ccccc3)c2c1. The van der Waals surface area contributed by atoms with Crippen LogP contribution in [0.1, 0.15) is 15.9 Å². The van der Waals surface area contributed by atoms with Gasteiger partial charge in [-0.2, -0.15) is 0 Å². The molecule has 0 bridgehead atoms. The van der Waals surface area contributed by atoms with Crippen LogP contribution in [-0.4, -0.2) is 10.8 Å². The highest BCUT2D eigenvalue weighted by Gasteiger charge is 2.13. The van der Waals surface area contributed by atoms with E-state index in [0.717, 1.165) is 0 Å². The Labute approximate surface area is 160 Å². The second-order valence-corrected chi connectivity index (χ2v) is 6.45. The summed E-state index contributed by atoms with van der Waals surface area (Å²) in [4.78, 5) is 27.5. The first-order valence-electron chi connectivity index (χ1n) is 8.30. The summed E-state index contributed by atoms with van der Waals surface area (Å²) in [5.74, 6) is 0.870. The Hall–Kier alpha value is -3.37. The van der Waals surface area contributed by atoms with Crippen molar-refractivity contribution in [1.29, 1.82) is 0 Å². The van der Waals surface area contributed by atoms with Crippen molar-refractivity contribution in [2.45, 2.75) is 0 Å². The van der Waals surface area contributed by atoms with Crippen molar-refractivity contribution < 1.29 is 9.53 Å². The number of H-pyrrole nitrogens is 1. The third kappa shape index (κ3) is 3.61. The van der Waals surface area contributed by atoms with E-state index >= 15 is 0 Å². The van der Waals surface area contributed by atoms with Gasteiger partial charge in [0, 0.05) is 27.6 Å². The van der Waals surface area contributed by atoms with Gasteiger partial charge in [-0.1, -0.05) is 29.8 Å². The number of pyridine rings is 1. The van der Waals surface area contributed by atoms with E-state index in [-0.39, 0.29) is 11.3 Å². The second kappa shape index (κ2) is 7.09. The maximum absolute atomic E-state index is 12.8. The van der Waals surface area contributed by atoms with E-state index in [1.54, 1.807) is 54.6 Å². The average molecular weight is 376 g/mol. The standard InChI is InChI=1S/C22H14ClNO3/c23-16-9-6-14(7-10-16)22(26)15-8-11-19-18(12-15)20(13-21(25)24-19)27-17-4-2-1-3-5-17/h1-13H,(H,24,25). The van der Waals surface area contributed by atoms with Crippen LogP contribution in [0.25, 0.3) is 10.9 Å². The number of fused-ring (bicyclic) bond motifs is 1. The molecule has 4 aromatic rings. The smallest absolute Gasteiger partial charge is 0.252 e. The Kier molecular flexibility index (Phi) is 4.48. The molecule has 4 rings (SSSR count). The summed E-state index contributed by atoms with van der Waals surface area (Å²) in [5.41, 5.74) is 1.36. The van der Waals surface area contributed by atoms with E-state index in [9.17, 15) is 9.59 Å². The molecule has 0 saturated carbocycles. The maximum atomic E-state index is 12.8. The van der Waals surface area contributed by atoms with Crippen LogP contribution in [0.3, 0.4) is 0 Å². The van der Waals surface area contributed by atoms with E-state index < -0.39 is 0 Å². The molecule has 0 aliphatic heterocycles. The summed E-state index contributed by atoms with van der Waals surface area (Å²) in [6, 6.07) is 22.4. The van der Waals surface area contributed by atoms with Crippen LogP contribution in [0.4, 0.5) is 0 Å². The lowest BCUT2D eigenvalue weighted by molar-refractivity contribution is 0.103. The molecular formula is C22H14ClNO3. The zero-order chi connectivity index (χ0) is 18.8. The van der Waals surface area contributed by atoms with Crippen molar-refractivity contribution in [2.75, 3.05) is 0 Å². The number of hydrogen-bond acceptors (Lipinski definition) is 3. The molecule has 0 atom stereocenters. The molecule has 132 valence electrons. The molecule has 4 nitrogen and oxygen atoms in total. The summed E-state index contributed by atoms with van der Waals surface area (Å²) in [7, 11) is 0. The minimum Gasteiger partial charge on any atom is -0.456 e. The molecule has 1 heterocycles. The zero-order valence-corrected chi connectivity index (χ0v) is 14.9. The highest BCUT2D eigenvalue weighted by molar-refractivity contribution is 6.30. The van der Waals surface area contributed by atoms with Gasteiger partial charge in [0.05, 0.1) is 5.52 Å². The van der Waals surface area contributed by atoms with Gasteiger partial charge in [-0.3, -0.25) is 9.59 Å². The topological polar surface area (TPSA) is 59.2 Å². The molecule has 1 N–H and O–H groups in total. The average Bonchev–Trinajstić information content (AvgIpc) is 2.68. The zero-order valence-electron chi connectivity index (χ0n) is 14.1. The van der Waals surface area contributed by atoms with Crippen LogP contribution in [0.2, 0.25) is 5.02 Å². The normalized spacial score (nSPS) is 10.7. The summed E-state index contributed by atoms with van der Waals surface area (Å²) in [5, 5.41) is 1.22. The fourth-order valence-corrected chi connectivity index (χ4v) is 2.96. The molecule has 0 unspecified atom stereocenters.